The fourth-order valence-corrected chi connectivity index (χ4v) is 5.98. The van der Waals surface area contributed by atoms with Crippen LogP contribution in [0.25, 0.3) is 10.2 Å². The minimum Gasteiger partial charge on any atom is -0.465 e. The van der Waals surface area contributed by atoms with Gasteiger partial charge < -0.3 is 14.2 Å². The van der Waals surface area contributed by atoms with E-state index in [1.807, 2.05) is 25.1 Å². The number of carbonyl (C=O) groups excluding carboxylic acids is 3. The van der Waals surface area contributed by atoms with Crippen LogP contribution < -0.4 is 4.80 Å². The number of hydrogen-bond acceptors (Lipinski definition) is 7. The van der Waals surface area contributed by atoms with E-state index < -0.39 is 39.1 Å². The van der Waals surface area contributed by atoms with Crippen molar-refractivity contribution >= 4 is 49.2 Å². The summed E-state index contributed by atoms with van der Waals surface area (Å²) >= 11 is 1.19. The van der Waals surface area contributed by atoms with Crippen LogP contribution in [-0.4, -0.2) is 66.9 Å². The Morgan fingerprint density at radius 2 is 1.79 bits per heavy atom. The molecule has 0 aliphatic carbocycles. The molecule has 2 aromatic rings. The molecular weight excluding hydrogens is 466 g/mol. The number of ether oxygens (including phenoxy) is 1. The SMILES string of the molecule is CCOC(=O)Cn1c(=NC(=O)CS(=O)(=O)CC(=O)N2CCCCCC2)sc2cc(C)ccc21. The molecule has 0 atom stereocenters. The van der Waals surface area contributed by atoms with E-state index in [-0.39, 0.29) is 18.0 Å². The van der Waals surface area contributed by atoms with Crippen LogP contribution in [0.15, 0.2) is 23.2 Å². The second-order valence-corrected chi connectivity index (χ2v) is 11.2. The fourth-order valence-electron chi connectivity index (χ4n) is 3.73. The number of carbonyl (C=O) groups is 3. The lowest BCUT2D eigenvalue weighted by Gasteiger charge is -2.19. The van der Waals surface area contributed by atoms with E-state index in [0.717, 1.165) is 35.9 Å². The van der Waals surface area contributed by atoms with Gasteiger partial charge in [-0.05, 0) is 44.4 Å². The van der Waals surface area contributed by atoms with Crippen LogP contribution in [0.2, 0.25) is 0 Å². The van der Waals surface area contributed by atoms with Gasteiger partial charge in [-0.25, -0.2) is 8.42 Å². The maximum Gasteiger partial charge on any atom is 0.326 e. The second-order valence-electron chi connectivity index (χ2n) is 8.08. The van der Waals surface area contributed by atoms with Crippen LogP contribution in [0.3, 0.4) is 0 Å². The summed E-state index contributed by atoms with van der Waals surface area (Å²) in [5.41, 5.74) is 1.70. The predicted molar refractivity (Wildman–Crippen MR) is 125 cm³/mol. The molecule has 11 heteroatoms. The van der Waals surface area contributed by atoms with Gasteiger partial charge in [0, 0.05) is 13.1 Å². The number of esters is 1. The summed E-state index contributed by atoms with van der Waals surface area (Å²) < 4.78 is 32.4. The number of aryl methyl sites for hydroxylation is 1. The minimum absolute atomic E-state index is 0.150. The molecule has 0 N–H and O–H groups in total. The van der Waals surface area contributed by atoms with Gasteiger partial charge in [-0.1, -0.05) is 30.2 Å². The highest BCUT2D eigenvalue weighted by molar-refractivity contribution is 7.92. The zero-order chi connectivity index (χ0) is 24.0. The minimum atomic E-state index is -3.97. The molecule has 2 amide bonds. The molecule has 3 rings (SSSR count). The van der Waals surface area contributed by atoms with Gasteiger partial charge in [-0.2, -0.15) is 4.99 Å². The molecule has 9 nitrogen and oxygen atoms in total. The average Bonchev–Trinajstić information content (AvgIpc) is 2.90. The Morgan fingerprint density at radius 1 is 1.09 bits per heavy atom. The van der Waals surface area contributed by atoms with E-state index in [1.54, 1.807) is 16.4 Å². The molecule has 2 heterocycles. The zero-order valence-electron chi connectivity index (χ0n) is 18.9. The number of thiazole rings is 1. The largest absolute Gasteiger partial charge is 0.465 e. The van der Waals surface area contributed by atoms with Crippen molar-refractivity contribution in [2.45, 2.75) is 46.1 Å². The van der Waals surface area contributed by atoms with Gasteiger partial charge >= 0.3 is 5.97 Å². The molecule has 1 fully saturated rings. The molecule has 1 aliphatic heterocycles. The first-order chi connectivity index (χ1) is 15.7. The molecule has 1 aliphatic rings. The molecular formula is C22H29N3O6S2. The fraction of sp³-hybridized carbons (Fsp3) is 0.545. The highest BCUT2D eigenvalue weighted by atomic mass is 32.2. The molecule has 0 unspecified atom stereocenters. The summed E-state index contributed by atoms with van der Waals surface area (Å²) in [6.07, 6.45) is 3.75. The third kappa shape index (κ3) is 6.97. The summed E-state index contributed by atoms with van der Waals surface area (Å²) in [6.45, 7) is 4.77. The number of amides is 2. The summed E-state index contributed by atoms with van der Waals surface area (Å²) in [4.78, 5) is 42.8. The molecule has 1 aromatic heterocycles. The third-order valence-corrected chi connectivity index (χ3v) is 7.71. The Morgan fingerprint density at radius 3 is 2.45 bits per heavy atom. The molecule has 1 saturated heterocycles. The first-order valence-corrected chi connectivity index (χ1v) is 13.6. The van der Waals surface area contributed by atoms with Crippen LogP contribution in [0.5, 0.6) is 0 Å². The first kappa shape index (κ1) is 25.1. The molecule has 0 saturated carbocycles. The van der Waals surface area contributed by atoms with Crippen molar-refractivity contribution < 1.29 is 27.5 Å². The average molecular weight is 496 g/mol. The molecule has 0 radical (unpaired) electrons. The van der Waals surface area contributed by atoms with Crippen molar-refractivity contribution in [1.82, 2.24) is 9.47 Å². The van der Waals surface area contributed by atoms with E-state index in [0.29, 0.717) is 18.6 Å². The van der Waals surface area contributed by atoms with Gasteiger partial charge in [-0.3, -0.25) is 14.4 Å². The maximum atomic E-state index is 12.6. The van der Waals surface area contributed by atoms with Gasteiger partial charge in [0.15, 0.2) is 14.6 Å². The van der Waals surface area contributed by atoms with Crippen LogP contribution in [-0.2, 0) is 35.5 Å². The van der Waals surface area contributed by atoms with Gasteiger partial charge in [0.2, 0.25) is 5.91 Å². The van der Waals surface area contributed by atoms with Crippen LogP contribution in [0.1, 0.15) is 38.2 Å². The first-order valence-electron chi connectivity index (χ1n) is 11.0. The topological polar surface area (TPSA) is 115 Å². The number of aromatic nitrogens is 1. The number of nitrogens with zero attached hydrogens (tertiary/aromatic N) is 3. The van der Waals surface area contributed by atoms with E-state index in [4.69, 9.17) is 4.74 Å². The summed E-state index contributed by atoms with van der Waals surface area (Å²) in [5.74, 6) is -3.40. The molecule has 1 aromatic carbocycles. The Labute approximate surface area is 197 Å². The predicted octanol–water partition coefficient (Wildman–Crippen LogP) is 1.82. The number of hydrogen-bond donors (Lipinski definition) is 0. The van der Waals surface area contributed by atoms with Gasteiger partial charge in [0.25, 0.3) is 5.91 Å². The van der Waals surface area contributed by atoms with Crippen molar-refractivity contribution in [3.8, 4) is 0 Å². The Bertz CT molecular complexity index is 1200. The number of rotatable bonds is 7. The lowest BCUT2D eigenvalue weighted by Crippen LogP contribution is -2.37. The van der Waals surface area contributed by atoms with E-state index in [2.05, 4.69) is 4.99 Å². The smallest absolute Gasteiger partial charge is 0.326 e. The Hall–Kier alpha value is -2.53. The highest BCUT2D eigenvalue weighted by Crippen LogP contribution is 2.19. The molecule has 180 valence electrons. The normalized spacial score (nSPS) is 15.5. The van der Waals surface area contributed by atoms with Crippen molar-refractivity contribution in [2.75, 3.05) is 31.2 Å². The Kier molecular flexibility index (Phi) is 8.41. The lowest BCUT2D eigenvalue weighted by molar-refractivity contribution is -0.143. The van der Waals surface area contributed by atoms with Crippen LogP contribution >= 0.6 is 11.3 Å². The van der Waals surface area contributed by atoms with Gasteiger partial charge in [0.1, 0.15) is 18.1 Å². The van der Waals surface area contributed by atoms with Crippen LogP contribution in [0.4, 0.5) is 0 Å². The molecule has 33 heavy (non-hydrogen) atoms. The van der Waals surface area contributed by atoms with Crippen molar-refractivity contribution in [3.05, 3.63) is 28.6 Å². The number of likely N-dealkylation sites (tertiary alicyclic amines) is 1. The van der Waals surface area contributed by atoms with E-state index >= 15 is 0 Å². The second kappa shape index (κ2) is 11.1. The van der Waals surface area contributed by atoms with Gasteiger partial charge in [0.05, 0.1) is 16.8 Å². The standard InChI is InChI=1S/C22H29N3O6S2/c1-3-31-21(28)13-25-17-9-8-16(2)12-18(17)32-22(25)23-19(26)14-33(29,30)15-20(27)24-10-6-4-5-7-11-24/h8-9,12H,3-7,10-11,13-15H2,1-2H3. The number of benzene rings is 1. The van der Waals surface area contributed by atoms with E-state index in [9.17, 15) is 22.8 Å². The highest BCUT2D eigenvalue weighted by Gasteiger charge is 2.25. The summed E-state index contributed by atoms with van der Waals surface area (Å²) in [7, 11) is -3.97. The lowest BCUT2D eigenvalue weighted by atomic mass is 10.2. The van der Waals surface area contributed by atoms with E-state index in [1.165, 1.54) is 11.3 Å². The quantitative estimate of drug-likeness (QED) is 0.541. The van der Waals surface area contributed by atoms with Crippen LogP contribution in [0, 0.1) is 6.92 Å². The number of sulfone groups is 1. The maximum absolute atomic E-state index is 12.6. The van der Waals surface area contributed by atoms with Gasteiger partial charge in [-0.15, -0.1) is 0 Å². The van der Waals surface area contributed by atoms with Crippen molar-refractivity contribution in [3.63, 3.8) is 0 Å². The van der Waals surface area contributed by atoms with Crippen molar-refractivity contribution in [1.29, 1.82) is 0 Å². The third-order valence-electron chi connectivity index (χ3n) is 5.30. The number of fused-ring (bicyclic) bond motifs is 1. The Balaban J connectivity index is 1.81. The monoisotopic (exact) mass is 495 g/mol. The van der Waals surface area contributed by atoms with Crippen molar-refractivity contribution in [2.24, 2.45) is 4.99 Å². The molecule has 0 bridgehead atoms. The summed E-state index contributed by atoms with van der Waals surface area (Å²) in [5, 5.41) is 0. The molecule has 0 spiro atoms. The summed E-state index contributed by atoms with van der Waals surface area (Å²) in [6, 6.07) is 5.60. The zero-order valence-corrected chi connectivity index (χ0v) is 20.5.